The van der Waals surface area contributed by atoms with Gasteiger partial charge in [0.1, 0.15) is 6.04 Å². The number of carbonyl (C=O) groups is 1. The summed E-state index contributed by atoms with van der Waals surface area (Å²) in [5.74, 6) is 0.0508. The molecule has 0 unspecified atom stereocenters. The number of amides is 1. The van der Waals surface area contributed by atoms with Gasteiger partial charge in [0.25, 0.3) is 0 Å². The minimum atomic E-state index is -0.255. The van der Waals surface area contributed by atoms with E-state index in [1.54, 1.807) is 0 Å². The summed E-state index contributed by atoms with van der Waals surface area (Å²) in [4.78, 5) is 16.9. The first kappa shape index (κ1) is 19.9. The summed E-state index contributed by atoms with van der Waals surface area (Å²) < 4.78 is 5.93. The van der Waals surface area contributed by atoms with Gasteiger partial charge < -0.3 is 15.0 Å². The van der Waals surface area contributed by atoms with Gasteiger partial charge in [-0.05, 0) is 52.9 Å². The van der Waals surface area contributed by atoms with Crippen molar-refractivity contribution >= 4 is 5.91 Å². The first-order chi connectivity index (χ1) is 12.0. The van der Waals surface area contributed by atoms with Crippen LogP contribution in [0.4, 0.5) is 0 Å². The Kier molecular flexibility index (Phi) is 7.88. The lowest BCUT2D eigenvalue weighted by atomic mass is 10.0. The number of rotatable bonds is 8. The molecule has 5 heteroatoms. The molecule has 1 aromatic carbocycles. The summed E-state index contributed by atoms with van der Waals surface area (Å²) in [7, 11) is 6.03. The van der Waals surface area contributed by atoms with Crippen LogP contribution in [0.25, 0.3) is 0 Å². The van der Waals surface area contributed by atoms with E-state index in [0.717, 1.165) is 37.9 Å². The van der Waals surface area contributed by atoms with Gasteiger partial charge in [0.15, 0.2) is 0 Å². The molecule has 0 saturated carbocycles. The number of hydrogen-bond acceptors (Lipinski definition) is 4. The normalized spacial score (nSPS) is 17.6. The van der Waals surface area contributed by atoms with E-state index in [2.05, 4.69) is 36.3 Å². The molecule has 25 heavy (non-hydrogen) atoms. The number of nitrogens with zero attached hydrogens (tertiary/aromatic N) is 2. The van der Waals surface area contributed by atoms with Crippen molar-refractivity contribution in [3.05, 3.63) is 35.4 Å². The van der Waals surface area contributed by atoms with E-state index in [1.807, 2.05) is 31.1 Å². The Labute approximate surface area is 152 Å². The molecule has 0 radical (unpaired) electrons. The molecule has 140 valence electrons. The highest BCUT2D eigenvalue weighted by Gasteiger charge is 2.22. The van der Waals surface area contributed by atoms with Crippen LogP contribution in [0.1, 0.15) is 36.4 Å². The quantitative estimate of drug-likeness (QED) is 0.733. The van der Waals surface area contributed by atoms with E-state index >= 15 is 0 Å². The van der Waals surface area contributed by atoms with Crippen LogP contribution in [-0.4, -0.2) is 69.2 Å². The number of piperidine rings is 1. The van der Waals surface area contributed by atoms with E-state index in [-0.39, 0.29) is 11.9 Å². The van der Waals surface area contributed by atoms with Crippen LogP contribution in [0.3, 0.4) is 0 Å². The van der Waals surface area contributed by atoms with Crippen LogP contribution in [0, 0.1) is 6.92 Å². The maximum Gasteiger partial charge on any atom is 0.241 e. The number of ether oxygens (including phenoxy) is 1. The predicted molar refractivity (Wildman–Crippen MR) is 102 cm³/mol. The van der Waals surface area contributed by atoms with Crippen LogP contribution in [0.15, 0.2) is 24.3 Å². The van der Waals surface area contributed by atoms with Crippen LogP contribution < -0.4 is 5.32 Å². The number of hydrogen-bond donors (Lipinski definition) is 1. The van der Waals surface area contributed by atoms with E-state index in [9.17, 15) is 4.79 Å². The summed E-state index contributed by atoms with van der Waals surface area (Å²) in [5.41, 5.74) is 2.20. The maximum atomic E-state index is 12.6. The van der Waals surface area contributed by atoms with Crippen molar-refractivity contribution in [2.75, 3.05) is 47.4 Å². The van der Waals surface area contributed by atoms with Gasteiger partial charge >= 0.3 is 0 Å². The van der Waals surface area contributed by atoms with E-state index < -0.39 is 0 Å². The number of likely N-dealkylation sites (N-methyl/N-ethyl adjacent to an activating group) is 1. The first-order valence-corrected chi connectivity index (χ1v) is 9.28. The van der Waals surface area contributed by atoms with E-state index in [1.165, 1.54) is 5.56 Å². The lowest BCUT2D eigenvalue weighted by Gasteiger charge is -2.29. The first-order valence-electron chi connectivity index (χ1n) is 9.28. The number of carbonyl (C=O) groups excluding carboxylic acids is 1. The summed E-state index contributed by atoms with van der Waals surface area (Å²) in [6, 6.07) is 7.89. The molecule has 1 amide bonds. The van der Waals surface area contributed by atoms with Crippen LogP contribution in [-0.2, 0) is 9.53 Å². The zero-order chi connectivity index (χ0) is 18.2. The van der Waals surface area contributed by atoms with Crippen LogP contribution >= 0.6 is 0 Å². The molecular formula is C20H33N3O2. The summed E-state index contributed by atoms with van der Waals surface area (Å²) in [5, 5.41) is 3.06. The number of nitrogens with one attached hydrogen (secondary N) is 1. The fraction of sp³-hybridized carbons (Fsp3) is 0.650. The lowest BCUT2D eigenvalue weighted by molar-refractivity contribution is -0.125. The van der Waals surface area contributed by atoms with Crippen molar-refractivity contribution in [2.45, 2.75) is 38.3 Å². The topological polar surface area (TPSA) is 44.8 Å². The van der Waals surface area contributed by atoms with Gasteiger partial charge in [-0.25, -0.2) is 0 Å². The van der Waals surface area contributed by atoms with Crippen molar-refractivity contribution in [2.24, 2.45) is 0 Å². The Hall–Kier alpha value is -1.43. The molecule has 0 bridgehead atoms. The molecule has 1 N–H and O–H groups in total. The minimum Gasteiger partial charge on any atom is -0.378 e. The van der Waals surface area contributed by atoms with Gasteiger partial charge in [0, 0.05) is 26.2 Å². The summed E-state index contributed by atoms with van der Waals surface area (Å²) in [6.07, 6.45) is 3.46. The Bertz CT molecular complexity index is 539. The van der Waals surface area contributed by atoms with E-state index in [0.29, 0.717) is 19.3 Å². The van der Waals surface area contributed by atoms with Crippen molar-refractivity contribution in [1.82, 2.24) is 15.1 Å². The number of aryl methyl sites for hydroxylation is 1. The molecular weight excluding hydrogens is 314 g/mol. The third-order valence-electron chi connectivity index (χ3n) is 4.76. The molecule has 0 aromatic heterocycles. The Morgan fingerprint density at radius 2 is 2.08 bits per heavy atom. The number of likely N-dealkylation sites (tertiary alicyclic amines) is 1. The third-order valence-corrected chi connectivity index (χ3v) is 4.76. The van der Waals surface area contributed by atoms with Gasteiger partial charge in [0.05, 0.1) is 6.10 Å². The fourth-order valence-corrected chi connectivity index (χ4v) is 3.31. The highest BCUT2D eigenvalue weighted by atomic mass is 16.5. The van der Waals surface area contributed by atoms with Crippen molar-refractivity contribution < 1.29 is 9.53 Å². The average Bonchev–Trinajstić information content (AvgIpc) is 2.56. The molecule has 1 atom stereocenters. The molecule has 2 rings (SSSR count). The number of benzene rings is 1. The SMILES string of the molecule is Cc1cccc([C@@H](C(=O)NCCCOC2CCN(C)CC2)N(C)C)c1. The lowest BCUT2D eigenvalue weighted by Crippen LogP contribution is -2.38. The molecule has 0 spiro atoms. The molecule has 0 aliphatic carbocycles. The van der Waals surface area contributed by atoms with Crippen molar-refractivity contribution in [1.29, 1.82) is 0 Å². The van der Waals surface area contributed by atoms with Gasteiger partial charge in [-0.3, -0.25) is 9.69 Å². The fourth-order valence-electron chi connectivity index (χ4n) is 3.31. The second kappa shape index (κ2) is 9.90. The Balaban J connectivity index is 1.72. The smallest absolute Gasteiger partial charge is 0.241 e. The average molecular weight is 348 g/mol. The summed E-state index contributed by atoms with van der Waals surface area (Å²) in [6.45, 7) is 5.65. The molecule has 1 heterocycles. The summed E-state index contributed by atoms with van der Waals surface area (Å²) >= 11 is 0. The van der Waals surface area contributed by atoms with Crippen LogP contribution in [0.2, 0.25) is 0 Å². The third kappa shape index (κ3) is 6.42. The van der Waals surface area contributed by atoms with Crippen molar-refractivity contribution in [3.63, 3.8) is 0 Å². The molecule has 1 aliphatic rings. The highest BCUT2D eigenvalue weighted by molar-refractivity contribution is 5.83. The Morgan fingerprint density at radius 1 is 1.36 bits per heavy atom. The van der Waals surface area contributed by atoms with Gasteiger partial charge in [0.2, 0.25) is 5.91 Å². The maximum absolute atomic E-state index is 12.6. The monoisotopic (exact) mass is 347 g/mol. The second-order valence-corrected chi connectivity index (χ2v) is 7.30. The van der Waals surface area contributed by atoms with Gasteiger partial charge in [-0.2, -0.15) is 0 Å². The Morgan fingerprint density at radius 3 is 2.72 bits per heavy atom. The van der Waals surface area contributed by atoms with E-state index in [4.69, 9.17) is 4.74 Å². The molecule has 1 aromatic rings. The van der Waals surface area contributed by atoms with Crippen molar-refractivity contribution in [3.8, 4) is 0 Å². The molecule has 1 saturated heterocycles. The molecule has 1 fully saturated rings. The zero-order valence-corrected chi connectivity index (χ0v) is 16.1. The standard InChI is InChI=1S/C20H33N3O2/c1-16-7-5-8-17(15-16)19(22(2)3)20(24)21-11-6-14-25-18-9-12-23(4)13-10-18/h5,7-8,15,18-19H,6,9-14H2,1-4H3,(H,21,24)/t19-/m0/s1. The van der Waals surface area contributed by atoms with Gasteiger partial charge in [-0.15, -0.1) is 0 Å². The van der Waals surface area contributed by atoms with Crippen LogP contribution in [0.5, 0.6) is 0 Å². The molecule has 1 aliphatic heterocycles. The largest absolute Gasteiger partial charge is 0.378 e. The minimum absolute atomic E-state index is 0.0508. The zero-order valence-electron chi connectivity index (χ0n) is 16.1. The van der Waals surface area contributed by atoms with Gasteiger partial charge in [-0.1, -0.05) is 29.8 Å². The highest BCUT2D eigenvalue weighted by Crippen LogP contribution is 2.19. The second-order valence-electron chi connectivity index (χ2n) is 7.30. The predicted octanol–water partition coefficient (Wildman–Crippen LogP) is 2.21. The molecule has 5 nitrogen and oxygen atoms in total.